The van der Waals surface area contributed by atoms with Crippen LogP contribution < -0.4 is 10.1 Å². The van der Waals surface area contributed by atoms with Crippen molar-refractivity contribution >= 4 is 0 Å². The van der Waals surface area contributed by atoms with Crippen LogP contribution in [0.4, 0.5) is 4.39 Å². The minimum atomic E-state index is -0.346. The highest BCUT2D eigenvalue weighted by molar-refractivity contribution is 5.32. The van der Waals surface area contributed by atoms with Gasteiger partial charge in [-0.05, 0) is 38.3 Å². The van der Waals surface area contributed by atoms with Crippen molar-refractivity contribution in [1.82, 2.24) is 15.1 Å². The Morgan fingerprint density at radius 2 is 2.33 bits per heavy atom. The molecule has 1 heterocycles. The Kier molecular flexibility index (Phi) is 5.11. The summed E-state index contributed by atoms with van der Waals surface area (Å²) in [5.41, 5.74) is 0.907. The molecule has 126 valence electrons. The second kappa shape index (κ2) is 7.45. The van der Waals surface area contributed by atoms with Gasteiger partial charge in [0.15, 0.2) is 5.75 Å². The van der Waals surface area contributed by atoms with Gasteiger partial charge in [-0.3, -0.25) is 4.68 Å². The van der Waals surface area contributed by atoms with Gasteiger partial charge in [0.1, 0.15) is 11.9 Å². The zero-order chi connectivity index (χ0) is 16.9. The molecular formula is C18H21FN4O. The Morgan fingerprint density at radius 3 is 3.04 bits per heavy atom. The number of aromatic nitrogens is 2. The molecule has 6 heteroatoms. The number of hydrogen-bond acceptors (Lipinski definition) is 4. The summed E-state index contributed by atoms with van der Waals surface area (Å²) < 4.78 is 21.8. The van der Waals surface area contributed by atoms with Gasteiger partial charge in [-0.15, -0.1) is 0 Å². The van der Waals surface area contributed by atoms with Crippen molar-refractivity contribution in [1.29, 1.82) is 5.26 Å². The Morgan fingerprint density at radius 1 is 1.46 bits per heavy atom. The third-order valence-electron chi connectivity index (χ3n) is 4.41. The van der Waals surface area contributed by atoms with Crippen LogP contribution in [0.3, 0.4) is 0 Å². The van der Waals surface area contributed by atoms with Gasteiger partial charge >= 0.3 is 0 Å². The monoisotopic (exact) mass is 328 g/mol. The van der Waals surface area contributed by atoms with Crippen LogP contribution in [0, 0.1) is 17.1 Å². The van der Waals surface area contributed by atoms with Crippen LogP contribution >= 0.6 is 0 Å². The predicted octanol–water partition coefficient (Wildman–Crippen LogP) is 3.00. The Hall–Kier alpha value is -2.39. The summed E-state index contributed by atoms with van der Waals surface area (Å²) in [5, 5.41) is 16.4. The normalized spacial score (nSPS) is 20.0. The number of rotatable bonds is 6. The molecule has 0 spiro atoms. The van der Waals surface area contributed by atoms with E-state index in [0.29, 0.717) is 17.7 Å². The number of halogens is 1. The summed E-state index contributed by atoms with van der Waals surface area (Å²) in [7, 11) is 0. The first-order chi connectivity index (χ1) is 11.7. The van der Waals surface area contributed by atoms with Crippen LogP contribution in [0.25, 0.3) is 0 Å². The molecule has 2 atom stereocenters. The lowest BCUT2D eigenvalue weighted by molar-refractivity contribution is 0.173. The third-order valence-corrected chi connectivity index (χ3v) is 4.41. The smallest absolute Gasteiger partial charge is 0.157 e. The Balaban J connectivity index is 1.59. The number of nitrogens with zero attached hydrogens (tertiary/aromatic N) is 3. The molecule has 2 aromatic rings. The van der Waals surface area contributed by atoms with Gasteiger partial charge in [0, 0.05) is 24.7 Å². The SMILES string of the molecule is CCn1cc(O[C@@H]2CCC[C@@H]2NCc2ccc(C#N)cc2F)cn1. The molecule has 1 aromatic carbocycles. The first-order valence-electron chi connectivity index (χ1n) is 8.30. The van der Waals surface area contributed by atoms with Crippen molar-refractivity contribution < 1.29 is 9.13 Å². The highest BCUT2D eigenvalue weighted by Crippen LogP contribution is 2.25. The topological polar surface area (TPSA) is 62.9 Å². The fraction of sp³-hybridized carbons (Fsp3) is 0.444. The fourth-order valence-corrected chi connectivity index (χ4v) is 3.06. The number of hydrogen-bond donors (Lipinski definition) is 1. The number of ether oxygens (including phenoxy) is 1. The van der Waals surface area contributed by atoms with Crippen molar-refractivity contribution in [2.45, 2.75) is 51.4 Å². The molecule has 1 aliphatic carbocycles. The van der Waals surface area contributed by atoms with Crippen molar-refractivity contribution in [3.05, 3.63) is 47.5 Å². The largest absolute Gasteiger partial charge is 0.486 e. The van der Waals surface area contributed by atoms with Gasteiger partial charge in [0.2, 0.25) is 0 Å². The van der Waals surface area contributed by atoms with Crippen molar-refractivity contribution in [3.63, 3.8) is 0 Å². The molecule has 0 aliphatic heterocycles. The molecule has 1 aliphatic rings. The minimum Gasteiger partial charge on any atom is -0.486 e. The molecule has 1 fully saturated rings. The van der Waals surface area contributed by atoms with Gasteiger partial charge < -0.3 is 10.1 Å². The van der Waals surface area contributed by atoms with Crippen LogP contribution in [-0.4, -0.2) is 21.9 Å². The van der Waals surface area contributed by atoms with Gasteiger partial charge in [-0.1, -0.05) is 6.07 Å². The molecule has 0 radical (unpaired) electrons. The Labute approximate surface area is 141 Å². The van der Waals surface area contributed by atoms with Crippen LogP contribution in [0.5, 0.6) is 5.75 Å². The Bertz CT molecular complexity index is 737. The maximum Gasteiger partial charge on any atom is 0.157 e. The second-order valence-electron chi connectivity index (χ2n) is 6.02. The van der Waals surface area contributed by atoms with E-state index in [1.807, 2.05) is 23.9 Å². The summed E-state index contributed by atoms with van der Waals surface area (Å²) in [6.45, 7) is 3.27. The zero-order valence-electron chi connectivity index (χ0n) is 13.7. The summed E-state index contributed by atoms with van der Waals surface area (Å²) in [6, 6.07) is 6.71. The van der Waals surface area contributed by atoms with Crippen molar-refractivity contribution in [3.8, 4) is 11.8 Å². The fourth-order valence-electron chi connectivity index (χ4n) is 3.06. The van der Waals surface area contributed by atoms with E-state index in [2.05, 4.69) is 10.4 Å². The van der Waals surface area contributed by atoms with Crippen LogP contribution in [0.15, 0.2) is 30.6 Å². The van der Waals surface area contributed by atoms with E-state index in [1.54, 1.807) is 18.3 Å². The second-order valence-corrected chi connectivity index (χ2v) is 6.02. The molecule has 0 bridgehead atoms. The molecular weight excluding hydrogens is 307 g/mol. The molecule has 0 saturated heterocycles. The quantitative estimate of drug-likeness (QED) is 0.885. The highest BCUT2D eigenvalue weighted by atomic mass is 19.1. The highest BCUT2D eigenvalue weighted by Gasteiger charge is 2.29. The molecule has 24 heavy (non-hydrogen) atoms. The summed E-state index contributed by atoms with van der Waals surface area (Å²) in [5.74, 6) is 0.432. The van der Waals surface area contributed by atoms with E-state index < -0.39 is 0 Å². The van der Waals surface area contributed by atoms with Crippen LogP contribution in [-0.2, 0) is 13.1 Å². The van der Waals surface area contributed by atoms with E-state index in [0.717, 1.165) is 31.6 Å². The minimum absolute atomic E-state index is 0.0703. The molecule has 1 saturated carbocycles. The van der Waals surface area contributed by atoms with E-state index >= 15 is 0 Å². The number of nitrogens with one attached hydrogen (secondary N) is 1. The van der Waals surface area contributed by atoms with E-state index in [4.69, 9.17) is 10.00 Å². The van der Waals surface area contributed by atoms with Crippen molar-refractivity contribution in [2.75, 3.05) is 0 Å². The lowest BCUT2D eigenvalue weighted by Gasteiger charge is -2.21. The van der Waals surface area contributed by atoms with Crippen LogP contribution in [0.2, 0.25) is 0 Å². The van der Waals surface area contributed by atoms with E-state index in [9.17, 15) is 4.39 Å². The maximum absolute atomic E-state index is 14.0. The van der Waals surface area contributed by atoms with E-state index in [1.165, 1.54) is 6.07 Å². The summed E-state index contributed by atoms with van der Waals surface area (Å²) in [4.78, 5) is 0. The lowest BCUT2D eigenvalue weighted by atomic mass is 10.1. The van der Waals surface area contributed by atoms with E-state index in [-0.39, 0.29) is 18.0 Å². The first kappa shape index (κ1) is 16.5. The van der Waals surface area contributed by atoms with Gasteiger partial charge in [0.25, 0.3) is 0 Å². The molecule has 1 N–H and O–H groups in total. The average Bonchev–Trinajstić information content (AvgIpc) is 3.23. The number of benzene rings is 1. The van der Waals surface area contributed by atoms with Gasteiger partial charge in [0.05, 0.1) is 24.0 Å². The lowest BCUT2D eigenvalue weighted by Crippen LogP contribution is -2.38. The number of aryl methyl sites for hydroxylation is 1. The summed E-state index contributed by atoms with van der Waals surface area (Å²) >= 11 is 0. The molecule has 3 rings (SSSR count). The molecule has 5 nitrogen and oxygen atoms in total. The van der Waals surface area contributed by atoms with Crippen LogP contribution in [0.1, 0.15) is 37.3 Å². The standard InChI is InChI=1S/C18H21FN4O/c1-2-23-12-15(11-22-23)24-18-5-3-4-17(18)21-10-14-7-6-13(9-20)8-16(14)19/h6-8,11-12,17-18,21H,2-5,10H2,1H3/t17-,18+/m0/s1. The maximum atomic E-state index is 14.0. The van der Waals surface area contributed by atoms with Crippen molar-refractivity contribution in [2.24, 2.45) is 0 Å². The first-order valence-corrected chi connectivity index (χ1v) is 8.30. The molecule has 0 amide bonds. The predicted molar refractivity (Wildman–Crippen MR) is 87.9 cm³/mol. The zero-order valence-corrected chi connectivity index (χ0v) is 13.7. The van der Waals surface area contributed by atoms with Gasteiger partial charge in [-0.2, -0.15) is 10.4 Å². The average molecular weight is 328 g/mol. The molecule has 0 unspecified atom stereocenters. The molecule has 1 aromatic heterocycles. The number of nitriles is 1. The summed E-state index contributed by atoms with van der Waals surface area (Å²) in [6.07, 6.45) is 6.77. The van der Waals surface area contributed by atoms with Gasteiger partial charge in [-0.25, -0.2) is 4.39 Å². The third kappa shape index (κ3) is 3.74.